The molecule has 0 aliphatic heterocycles. The summed E-state index contributed by atoms with van der Waals surface area (Å²) in [7, 11) is 1.66. The Bertz CT molecular complexity index is 303. The van der Waals surface area contributed by atoms with E-state index in [1.54, 1.807) is 7.11 Å². The molecule has 0 aromatic rings. The van der Waals surface area contributed by atoms with Crippen molar-refractivity contribution in [1.29, 1.82) is 0 Å². The first-order valence-electron chi connectivity index (χ1n) is 7.63. The van der Waals surface area contributed by atoms with Crippen molar-refractivity contribution in [2.75, 3.05) is 13.7 Å². The van der Waals surface area contributed by atoms with Crippen molar-refractivity contribution in [3.05, 3.63) is 24.3 Å². The van der Waals surface area contributed by atoms with E-state index in [4.69, 9.17) is 4.74 Å². The smallest absolute Gasteiger partial charge is 0.148 e. The van der Waals surface area contributed by atoms with Crippen LogP contribution in [0.1, 0.15) is 58.3 Å². The first-order valence-corrected chi connectivity index (χ1v) is 7.63. The molecule has 0 bridgehead atoms. The van der Waals surface area contributed by atoms with Crippen LogP contribution in [0, 0.1) is 5.41 Å². The van der Waals surface area contributed by atoms with Gasteiger partial charge in [0.25, 0.3) is 0 Å². The third-order valence-corrected chi connectivity index (χ3v) is 3.76. The first kappa shape index (κ1) is 16.2. The van der Waals surface area contributed by atoms with Gasteiger partial charge in [0, 0.05) is 13.5 Å². The van der Waals surface area contributed by atoms with E-state index in [0.717, 1.165) is 12.8 Å². The van der Waals surface area contributed by atoms with Crippen molar-refractivity contribution < 1.29 is 9.53 Å². The Balaban J connectivity index is 2.35. The number of methoxy groups -OCH3 is 1. The van der Waals surface area contributed by atoms with E-state index in [9.17, 15) is 4.79 Å². The molecule has 108 valence electrons. The van der Waals surface area contributed by atoms with Gasteiger partial charge in [-0.2, -0.15) is 0 Å². The normalized spacial score (nSPS) is 16.7. The number of ether oxygens (including phenoxy) is 1. The zero-order valence-corrected chi connectivity index (χ0v) is 12.5. The minimum absolute atomic E-state index is 0.303. The summed E-state index contributed by atoms with van der Waals surface area (Å²) in [6, 6.07) is 0. The monoisotopic (exact) mass is 264 g/mol. The molecule has 0 saturated carbocycles. The lowest BCUT2D eigenvalue weighted by atomic mass is 9.79. The van der Waals surface area contributed by atoms with Gasteiger partial charge in [-0.3, -0.25) is 4.79 Å². The predicted octanol–water partition coefficient (Wildman–Crippen LogP) is 4.46. The summed E-state index contributed by atoms with van der Waals surface area (Å²) in [5, 5.41) is 0. The summed E-state index contributed by atoms with van der Waals surface area (Å²) in [6.07, 6.45) is 17.1. The molecule has 1 rings (SSSR count). The maximum absolute atomic E-state index is 12.4. The van der Waals surface area contributed by atoms with Crippen LogP contribution >= 0.6 is 0 Å². The number of carbonyl (C=O) groups excluding carboxylic acids is 1. The number of rotatable bonds is 10. The molecule has 19 heavy (non-hydrogen) atoms. The van der Waals surface area contributed by atoms with Crippen molar-refractivity contribution in [2.45, 2.75) is 58.3 Å². The van der Waals surface area contributed by atoms with E-state index < -0.39 is 5.41 Å². The minimum atomic E-state index is -0.490. The van der Waals surface area contributed by atoms with Gasteiger partial charge >= 0.3 is 0 Å². The second kappa shape index (κ2) is 9.08. The SMILES string of the molecule is CCCCCCCCC(=O)C1(COC)C=CCC=C1. The molecular formula is C17H28O2. The van der Waals surface area contributed by atoms with Gasteiger partial charge in [0.05, 0.1) is 12.0 Å². The first-order chi connectivity index (χ1) is 9.25. The van der Waals surface area contributed by atoms with E-state index in [1.165, 1.54) is 32.1 Å². The summed E-state index contributed by atoms with van der Waals surface area (Å²) < 4.78 is 5.24. The molecule has 1 aliphatic rings. The number of hydrogen-bond donors (Lipinski definition) is 0. The quantitative estimate of drug-likeness (QED) is 0.430. The molecule has 0 heterocycles. The van der Waals surface area contributed by atoms with Gasteiger partial charge < -0.3 is 4.74 Å². The lowest BCUT2D eigenvalue weighted by Gasteiger charge is -2.27. The average molecular weight is 264 g/mol. The van der Waals surface area contributed by atoms with E-state index in [-0.39, 0.29) is 0 Å². The largest absolute Gasteiger partial charge is 0.383 e. The van der Waals surface area contributed by atoms with Gasteiger partial charge in [0.15, 0.2) is 0 Å². The fraction of sp³-hybridized carbons (Fsp3) is 0.706. The molecule has 2 nitrogen and oxygen atoms in total. The molecule has 2 heteroatoms. The molecule has 0 aromatic heterocycles. The number of hydrogen-bond acceptors (Lipinski definition) is 2. The number of unbranched alkanes of at least 4 members (excludes halogenated alkanes) is 5. The third kappa shape index (κ3) is 5.32. The van der Waals surface area contributed by atoms with E-state index in [1.807, 2.05) is 12.2 Å². The van der Waals surface area contributed by atoms with Crippen molar-refractivity contribution in [3.8, 4) is 0 Å². The van der Waals surface area contributed by atoms with Crippen molar-refractivity contribution >= 4 is 5.78 Å². The Morgan fingerprint density at radius 3 is 2.37 bits per heavy atom. The summed E-state index contributed by atoms with van der Waals surface area (Å²) in [5.41, 5.74) is -0.490. The second-order valence-electron chi connectivity index (χ2n) is 5.45. The summed E-state index contributed by atoms with van der Waals surface area (Å²) in [6.45, 7) is 2.69. The predicted molar refractivity (Wildman–Crippen MR) is 80.2 cm³/mol. The zero-order chi connectivity index (χ0) is 14.0. The van der Waals surface area contributed by atoms with Crippen LogP contribution < -0.4 is 0 Å². The van der Waals surface area contributed by atoms with Gasteiger partial charge in [-0.25, -0.2) is 0 Å². The van der Waals surface area contributed by atoms with Gasteiger partial charge in [0.1, 0.15) is 5.78 Å². The highest BCUT2D eigenvalue weighted by molar-refractivity contribution is 5.89. The van der Waals surface area contributed by atoms with Crippen LogP contribution in [-0.4, -0.2) is 19.5 Å². The highest BCUT2D eigenvalue weighted by Crippen LogP contribution is 2.29. The Morgan fingerprint density at radius 1 is 1.11 bits per heavy atom. The Labute approximate surface area is 117 Å². The van der Waals surface area contributed by atoms with Gasteiger partial charge in [-0.15, -0.1) is 0 Å². The second-order valence-corrected chi connectivity index (χ2v) is 5.45. The van der Waals surface area contributed by atoms with Crippen LogP contribution in [0.25, 0.3) is 0 Å². The molecule has 0 unspecified atom stereocenters. The summed E-state index contributed by atoms with van der Waals surface area (Å²) in [5.74, 6) is 0.303. The molecule has 0 radical (unpaired) electrons. The Hall–Kier alpha value is -0.890. The zero-order valence-electron chi connectivity index (χ0n) is 12.5. The highest BCUT2D eigenvalue weighted by Gasteiger charge is 2.33. The highest BCUT2D eigenvalue weighted by atomic mass is 16.5. The topological polar surface area (TPSA) is 26.3 Å². The molecule has 0 aromatic carbocycles. The van der Waals surface area contributed by atoms with Gasteiger partial charge in [-0.05, 0) is 12.8 Å². The molecule has 0 amide bonds. The van der Waals surface area contributed by atoms with Crippen molar-refractivity contribution in [3.63, 3.8) is 0 Å². The van der Waals surface area contributed by atoms with Crippen LogP contribution in [0.15, 0.2) is 24.3 Å². The molecule has 0 N–H and O–H groups in total. The molecule has 0 saturated heterocycles. The molecule has 0 fully saturated rings. The Morgan fingerprint density at radius 2 is 1.74 bits per heavy atom. The van der Waals surface area contributed by atoms with Crippen LogP contribution in [0.5, 0.6) is 0 Å². The number of Topliss-reactive ketones (excluding diaryl/α,β-unsaturated/α-hetero) is 1. The Kier molecular flexibility index (Phi) is 7.73. The minimum Gasteiger partial charge on any atom is -0.383 e. The standard InChI is InChI=1S/C17H28O2/c1-3-4-5-6-7-9-12-16(18)17(15-19-2)13-10-8-11-14-17/h10-11,13-14H,3-9,12,15H2,1-2H3. The maximum Gasteiger partial charge on any atom is 0.148 e. The van der Waals surface area contributed by atoms with E-state index in [2.05, 4.69) is 19.1 Å². The van der Waals surface area contributed by atoms with E-state index >= 15 is 0 Å². The average Bonchev–Trinajstić information content (AvgIpc) is 2.44. The fourth-order valence-corrected chi connectivity index (χ4v) is 2.59. The number of ketones is 1. The maximum atomic E-state index is 12.4. The van der Waals surface area contributed by atoms with E-state index in [0.29, 0.717) is 18.8 Å². The van der Waals surface area contributed by atoms with Crippen molar-refractivity contribution in [1.82, 2.24) is 0 Å². The number of allylic oxidation sites excluding steroid dienone is 2. The van der Waals surface area contributed by atoms with Gasteiger partial charge in [-0.1, -0.05) is 63.3 Å². The summed E-state index contributed by atoms with van der Waals surface area (Å²) >= 11 is 0. The lowest BCUT2D eigenvalue weighted by molar-refractivity contribution is -0.126. The summed E-state index contributed by atoms with van der Waals surface area (Å²) in [4.78, 5) is 12.4. The van der Waals surface area contributed by atoms with Crippen LogP contribution in [0.2, 0.25) is 0 Å². The van der Waals surface area contributed by atoms with Crippen LogP contribution in [0.3, 0.4) is 0 Å². The molecule has 0 spiro atoms. The lowest BCUT2D eigenvalue weighted by Crippen LogP contribution is -2.32. The molecule has 0 atom stereocenters. The van der Waals surface area contributed by atoms with Crippen molar-refractivity contribution in [2.24, 2.45) is 5.41 Å². The third-order valence-electron chi connectivity index (χ3n) is 3.76. The van der Waals surface area contributed by atoms with Crippen LogP contribution in [0.4, 0.5) is 0 Å². The molecule has 1 aliphatic carbocycles. The fourth-order valence-electron chi connectivity index (χ4n) is 2.59. The van der Waals surface area contributed by atoms with Gasteiger partial charge in [0.2, 0.25) is 0 Å². The number of carbonyl (C=O) groups is 1. The van der Waals surface area contributed by atoms with Crippen LogP contribution in [-0.2, 0) is 9.53 Å². The molecular weight excluding hydrogens is 236 g/mol.